The number of benzene rings is 1. The Morgan fingerprint density at radius 2 is 2.13 bits per heavy atom. The van der Waals surface area contributed by atoms with Crippen molar-refractivity contribution in [1.29, 1.82) is 0 Å². The number of nitrogens with one attached hydrogen (secondary N) is 1. The number of likely N-dealkylation sites (tertiary alicyclic amines) is 1. The Balaban J connectivity index is 1.58. The van der Waals surface area contributed by atoms with Crippen LogP contribution in [0.2, 0.25) is 0 Å². The summed E-state index contributed by atoms with van der Waals surface area (Å²) in [6.07, 6.45) is 3.56. The van der Waals surface area contributed by atoms with Gasteiger partial charge in [-0.2, -0.15) is 0 Å². The lowest BCUT2D eigenvalue weighted by molar-refractivity contribution is 0.0665. The van der Waals surface area contributed by atoms with Crippen LogP contribution in [-0.2, 0) is 18.3 Å². The van der Waals surface area contributed by atoms with E-state index in [1.54, 1.807) is 11.1 Å². The number of hydrogen-bond acceptors (Lipinski definition) is 3. The predicted octanol–water partition coefficient (Wildman–Crippen LogP) is 3.47. The topological polar surface area (TPSA) is 15.3 Å². The van der Waals surface area contributed by atoms with Gasteiger partial charge in [0.1, 0.15) is 0 Å². The minimum absolute atomic E-state index is 0.265. The van der Waals surface area contributed by atoms with Crippen molar-refractivity contribution in [3.8, 4) is 0 Å². The maximum Gasteiger partial charge on any atom is 0.0321 e. The second-order valence-electron chi connectivity index (χ2n) is 7.34. The second-order valence-corrected chi connectivity index (χ2v) is 8.37. The lowest BCUT2D eigenvalue weighted by atomic mass is 9.62. The first kappa shape index (κ1) is 15.4. The number of nitrogens with zero attached hydrogens (tertiary/aromatic N) is 1. The van der Waals surface area contributed by atoms with Crippen LogP contribution < -0.4 is 5.32 Å². The zero-order chi connectivity index (χ0) is 15.9. The highest BCUT2D eigenvalue weighted by Crippen LogP contribution is 2.44. The molecule has 23 heavy (non-hydrogen) atoms. The van der Waals surface area contributed by atoms with Gasteiger partial charge in [0.05, 0.1) is 0 Å². The van der Waals surface area contributed by atoms with Crippen LogP contribution in [0.5, 0.6) is 0 Å². The minimum Gasteiger partial charge on any atom is -0.311 e. The first-order chi connectivity index (χ1) is 11.2. The molecule has 1 aromatic heterocycles. The fraction of sp³-hybridized carbons (Fsp3) is 0.500. The first-order valence-corrected chi connectivity index (χ1v) is 9.61. The van der Waals surface area contributed by atoms with E-state index in [0.29, 0.717) is 12.1 Å². The summed E-state index contributed by atoms with van der Waals surface area (Å²) in [6.45, 7) is 4.76. The largest absolute Gasteiger partial charge is 0.311 e. The molecule has 122 valence electrons. The molecule has 4 rings (SSSR count). The highest BCUT2D eigenvalue weighted by molar-refractivity contribution is 7.09. The summed E-state index contributed by atoms with van der Waals surface area (Å²) < 4.78 is 0. The maximum atomic E-state index is 3.94. The smallest absolute Gasteiger partial charge is 0.0321 e. The van der Waals surface area contributed by atoms with Gasteiger partial charge in [0.25, 0.3) is 0 Å². The third kappa shape index (κ3) is 2.65. The third-order valence-corrected chi connectivity index (χ3v) is 6.93. The Bertz CT molecular complexity index is 666. The molecular formula is C20H26N2S. The van der Waals surface area contributed by atoms with Crippen LogP contribution in [0, 0.1) is 0 Å². The molecule has 3 atom stereocenters. The van der Waals surface area contributed by atoms with Crippen molar-refractivity contribution < 1.29 is 0 Å². The highest BCUT2D eigenvalue weighted by Gasteiger charge is 2.49. The van der Waals surface area contributed by atoms with Crippen LogP contribution in [0.4, 0.5) is 0 Å². The molecule has 0 unspecified atom stereocenters. The van der Waals surface area contributed by atoms with Crippen molar-refractivity contribution in [1.82, 2.24) is 10.2 Å². The average molecular weight is 327 g/mol. The molecule has 0 radical (unpaired) electrons. The van der Waals surface area contributed by atoms with Gasteiger partial charge in [-0.25, -0.2) is 0 Å². The molecule has 2 aromatic rings. The Kier molecular flexibility index (Phi) is 4.04. The Hall–Kier alpha value is -1.16. The Labute approximate surface area is 143 Å². The molecule has 2 heterocycles. The molecule has 1 fully saturated rings. The third-order valence-electron chi connectivity index (χ3n) is 6.00. The molecule has 0 amide bonds. The van der Waals surface area contributed by atoms with Gasteiger partial charge in [-0.1, -0.05) is 37.3 Å². The molecule has 3 heteroatoms. The van der Waals surface area contributed by atoms with Crippen molar-refractivity contribution in [3.63, 3.8) is 0 Å². The second kappa shape index (κ2) is 6.04. The summed E-state index contributed by atoms with van der Waals surface area (Å²) >= 11 is 1.87. The molecule has 2 nitrogen and oxygen atoms in total. The van der Waals surface area contributed by atoms with Gasteiger partial charge in [0, 0.05) is 28.9 Å². The van der Waals surface area contributed by atoms with Gasteiger partial charge in [-0.3, -0.25) is 0 Å². The number of rotatable bonds is 4. The van der Waals surface area contributed by atoms with Crippen LogP contribution in [0.1, 0.15) is 29.3 Å². The lowest BCUT2D eigenvalue weighted by Gasteiger charge is -2.55. The number of piperidine rings is 1. The fourth-order valence-electron chi connectivity index (χ4n) is 4.63. The fourth-order valence-corrected chi connectivity index (χ4v) is 5.34. The van der Waals surface area contributed by atoms with Crippen molar-refractivity contribution in [2.75, 3.05) is 20.1 Å². The Morgan fingerprint density at radius 1 is 1.26 bits per heavy atom. The quantitative estimate of drug-likeness (QED) is 0.925. The van der Waals surface area contributed by atoms with Crippen molar-refractivity contribution in [3.05, 3.63) is 57.8 Å². The maximum absolute atomic E-state index is 3.94. The summed E-state index contributed by atoms with van der Waals surface area (Å²) in [7, 11) is 2.30. The standard InChI is InChI=1S/C20H26N2S/c1-20-10-12-22(2)18(14-15-6-3-4-8-17(15)20)19(20)21-11-9-16-7-5-13-23-16/h3-8,13,18-19,21H,9-12,14H2,1-2H3/t18-,19+,20-/m1/s1. The van der Waals surface area contributed by atoms with Crippen molar-refractivity contribution >= 4 is 11.3 Å². The molecule has 0 spiro atoms. The van der Waals surface area contributed by atoms with E-state index < -0.39 is 0 Å². The van der Waals surface area contributed by atoms with Gasteiger partial charge < -0.3 is 10.2 Å². The van der Waals surface area contributed by atoms with Gasteiger partial charge in [0.2, 0.25) is 0 Å². The summed E-state index contributed by atoms with van der Waals surface area (Å²) in [6, 6.07) is 14.7. The number of fused-ring (bicyclic) bond motifs is 4. The zero-order valence-corrected chi connectivity index (χ0v) is 14.9. The molecule has 1 N–H and O–H groups in total. The zero-order valence-electron chi connectivity index (χ0n) is 14.1. The van der Waals surface area contributed by atoms with Gasteiger partial charge in [-0.15, -0.1) is 11.3 Å². The van der Waals surface area contributed by atoms with Crippen molar-refractivity contribution in [2.45, 2.75) is 43.7 Å². The van der Waals surface area contributed by atoms with Gasteiger partial charge >= 0.3 is 0 Å². The SMILES string of the molecule is CN1CC[C@]2(C)c3ccccc3C[C@@H]1[C@@H]2NCCc1cccs1. The summed E-state index contributed by atoms with van der Waals surface area (Å²) in [5.74, 6) is 0. The molecule has 2 bridgehead atoms. The monoisotopic (exact) mass is 326 g/mol. The minimum atomic E-state index is 0.265. The van der Waals surface area contributed by atoms with Crippen molar-refractivity contribution in [2.24, 2.45) is 0 Å². The number of thiophene rings is 1. The van der Waals surface area contributed by atoms with Crippen LogP contribution in [-0.4, -0.2) is 37.1 Å². The van der Waals surface area contributed by atoms with Crippen LogP contribution in [0.3, 0.4) is 0 Å². The summed E-state index contributed by atoms with van der Waals surface area (Å²) in [5.41, 5.74) is 3.41. The van der Waals surface area contributed by atoms with Gasteiger partial charge in [-0.05, 0) is 55.4 Å². The van der Waals surface area contributed by atoms with E-state index in [2.05, 4.69) is 66.0 Å². The van der Waals surface area contributed by atoms with Crippen LogP contribution in [0.15, 0.2) is 41.8 Å². The summed E-state index contributed by atoms with van der Waals surface area (Å²) in [5, 5.41) is 6.12. The molecule has 1 saturated heterocycles. The van der Waals surface area contributed by atoms with Crippen LogP contribution >= 0.6 is 11.3 Å². The first-order valence-electron chi connectivity index (χ1n) is 8.73. The molecule has 1 aromatic carbocycles. The van der Waals surface area contributed by atoms with E-state index in [1.807, 2.05) is 11.3 Å². The number of likely N-dealkylation sites (N-methyl/N-ethyl adjacent to an activating group) is 1. The Morgan fingerprint density at radius 3 is 2.96 bits per heavy atom. The van der Waals surface area contributed by atoms with E-state index in [0.717, 1.165) is 13.0 Å². The van der Waals surface area contributed by atoms with E-state index in [-0.39, 0.29) is 5.41 Å². The molecule has 0 saturated carbocycles. The molecular weight excluding hydrogens is 300 g/mol. The van der Waals surface area contributed by atoms with E-state index in [9.17, 15) is 0 Å². The lowest BCUT2D eigenvalue weighted by Crippen LogP contribution is -2.66. The molecule has 2 aliphatic rings. The van der Waals surface area contributed by atoms with E-state index in [1.165, 1.54) is 24.3 Å². The highest BCUT2D eigenvalue weighted by atomic mass is 32.1. The predicted molar refractivity (Wildman–Crippen MR) is 98.3 cm³/mol. The van der Waals surface area contributed by atoms with E-state index in [4.69, 9.17) is 0 Å². The van der Waals surface area contributed by atoms with Crippen LogP contribution in [0.25, 0.3) is 0 Å². The molecule has 1 aliphatic heterocycles. The van der Waals surface area contributed by atoms with E-state index >= 15 is 0 Å². The number of hydrogen-bond donors (Lipinski definition) is 1. The normalized spacial score (nSPS) is 30.2. The summed E-state index contributed by atoms with van der Waals surface area (Å²) in [4.78, 5) is 4.05. The molecule has 1 aliphatic carbocycles. The average Bonchev–Trinajstić information content (AvgIpc) is 3.07. The van der Waals surface area contributed by atoms with Gasteiger partial charge in [0.15, 0.2) is 0 Å².